The molecule has 9 nitrogen and oxygen atoms in total. The quantitative estimate of drug-likeness (QED) is 0.694. The summed E-state index contributed by atoms with van der Waals surface area (Å²) in [5.41, 5.74) is 1.93. The van der Waals surface area contributed by atoms with E-state index in [-0.39, 0.29) is 16.3 Å². The Kier molecular flexibility index (Phi) is 5.09. The summed E-state index contributed by atoms with van der Waals surface area (Å²) < 4.78 is 36.3. The summed E-state index contributed by atoms with van der Waals surface area (Å²) in [5, 5.41) is 7.08. The van der Waals surface area contributed by atoms with E-state index in [9.17, 15) is 13.2 Å². The first-order valence-corrected chi connectivity index (χ1v) is 9.74. The van der Waals surface area contributed by atoms with Crippen molar-refractivity contribution in [2.45, 2.75) is 18.7 Å². The lowest BCUT2D eigenvalue weighted by atomic mass is 10.1. The summed E-state index contributed by atoms with van der Waals surface area (Å²) >= 11 is 0. The molecule has 3 aromatic rings. The molecule has 0 atom stereocenters. The molecule has 0 aliphatic carbocycles. The van der Waals surface area contributed by atoms with Crippen LogP contribution in [0.15, 0.2) is 33.7 Å². The number of nitrogens with zero attached hydrogens (tertiary/aromatic N) is 3. The van der Waals surface area contributed by atoms with Crippen molar-refractivity contribution in [1.82, 2.24) is 14.4 Å². The van der Waals surface area contributed by atoms with E-state index in [1.807, 2.05) is 0 Å². The maximum atomic E-state index is 13.0. The summed E-state index contributed by atoms with van der Waals surface area (Å²) in [6.45, 7) is 3.45. The van der Waals surface area contributed by atoms with E-state index in [2.05, 4.69) is 15.5 Å². The highest BCUT2D eigenvalue weighted by molar-refractivity contribution is 7.89. The highest BCUT2D eigenvalue weighted by Gasteiger charge is 2.22. The van der Waals surface area contributed by atoms with Gasteiger partial charge < -0.3 is 14.6 Å². The van der Waals surface area contributed by atoms with Crippen molar-refractivity contribution in [3.8, 4) is 5.75 Å². The molecular formula is C18H20N4O5S. The molecule has 0 saturated heterocycles. The van der Waals surface area contributed by atoms with Gasteiger partial charge in [-0.25, -0.2) is 17.7 Å². The second kappa shape index (κ2) is 7.21. The Bertz CT molecular complexity index is 1170. The van der Waals surface area contributed by atoms with Gasteiger partial charge in [0.05, 0.1) is 34.3 Å². The van der Waals surface area contributed by atoms with Gasteiger partial charge in [0, 0.05) is 19.8 Å². The topological polar surface area (TPSA) is 115 Å². The maximum Gasteiger partial charge on any atom is 0.258 e. The number of anilines is 1. The van der Waals surface area contributed by atoms with Gasteiger partial charge >= 0.3 is 0 Å². The van der Waals surface area contributed by atoms with Crippen molar-refractivity contribution >= 4 is 32.7 Å². The van der Waals surface area contributed by atoms with Crippen LogP contribution in [0.4, 0.5) is 5.69 Å². The first-order chi connectivity index (χ1) is 13.1. The Morgan fingerprint density at radius 2 is 1.93 bits per heavy atom. The summed E-state index contributed by atoms with van der Waals surface area (Å²) in [4.78, 5) is 17.2. The van der Waals surface area contributed by atoms with E-state index in [0.717, 1.165) is 4.31 Å². The zero-order valence-corrected chi connectivity index (χ0v) is 16.9. The molecule has 1 amide bonds. The number of pyridine rings is 1. The molecule has 0 aliphatic heterocycles. The molecule has 2 heterocycles. The third kappa shape index (κ3) is 3.43. The molecule has 0 fully saturated rings. The number of carbonyl (C=O) groups excluding carboxylic acids is 1. The van der Waals surface area contributed by atoms with Crippen LogP contribution in [0, 0.1) is 13.8 Å². The molecule has 1 N–H and O–H groups in total. The number of hydrogen-bond donors (Lipinski definition) is 1. The molecule has 0 saturated carbocycles. The average Bonchev–Trinajstić information content (AvgIpc) is 3.01. The number of ether oxygens (including phenoxy) is 1. The van der Waals surface area contributed by atoms with Crippen LogP contribution in [0.25, 0.3) is 11.1 Å². The zero-order valence-electron chi connectivity index (χ0n) is 16.1. The number of methoxy groups -OCH3 is 1. The third-order valence-corrected chi connectivity index (χ3v) is 6.00. The van der Waals surface area contributed by atoms with E-state index in [1.165, 1.54) is 39.4 Å². The Morgan fingerprint density at radius 3 is 2.57 bits per heavy atom. The number of aryl methyl sites for hydroxylation is 2. The van der Waals surface area contributed by atoms with Crippen LogP contribution in [0.2, 0.25) is 0 Å². The second-order valence-corrected chi connectivity index (χ2v) is 8.51. The molecular weight excluding hydrogens is 384 g/mol. The first-order valence-electron chi connectivity index (χ1n) is 8.30. The monoisotopic (exact) mass is 404 g/mol. The molecule has 0 unspecified atom stereocenters. The zero-order chi connectivity index (χ0) is 20.6. The lowest BCUT2D eigenvalue weighted by molar-refractivity contribution is 0.102. The van der Waals surface area contributed by atoms with Crippen LogP contribution < -0.4 is 10.1 Å². The predicted octanol–water partition coefficient (Wildman–Crippen LogP) is 2.35. The molecule has 3 rings (SSSR count). The highest BCUT2D eigenvalue weighted by Crippen LogP contribution is 2.30. The fourth-order valence-electron chi connectivity index (χ4n) is 2.74. The van der Waals surface area contributed by atoms with Crippen molar-refractivity contribution in [3.63, 3.8) is 0 Å². The number of fused-ring (bicyclic) bond motifs is 1. The van der Waals surface area contributed by atoms with Gasteiger partial charge in [0.15, 0.2) is 0 Å². The Morgan fingerprint density at radius 1 is 1.21 bits per heavy atom. The molecule has 28 heavy (non-hydrogen) atoms. The van der Waals surface area contributed by atoms with Gasteiger partial charge in [-0.1, -0.05) is 5.16 Å². The molecule has 2 aromatic heterocycles. The van der Waals surface area contributed by atoms with E-state index < -0.39 is 15.9 Å². The molecule has 0 bridgehead atoms. The van der Waals surface area contributed by atoms with Gasteiger partial charge in [0.2, 0.25) is 10.0 Å². The molecule has 148 valence electrons. The van der Waals surface area contributed by atoms with E-state index >= 15 is 0 Å². The minimum atomic E-state index is -3.67. The smallest absolute Gasteiger partial charge is 0.258 e. The van der Waals surface area contributed by atoms with Gasteiger partial charge in [0.25, 0.3) is 11.6 Å². The molecule has 0 radical (unpaired) electrons. The van der Waals surface area contributed by atoms with Gasteiger partial charge in [-0.3, -0.25) is 4.79 Å². The Labute approximate surface area is 162 Å². The third-order valence-electron chi connectivity index (χ3n) is 4.19. The van der Waals surface area contributed by atoms with Crippen LogP contribution in [-0.4, -0.2) is 50.0 Å². The van der Waals surface area contributed by atoms with Gasteiger partial charge in [-0.2, -0.15) is 0 Å². The van der Waals surface area contributed by atoms with Crippen molar-refractivity contribution < 1.29 is 22.5 Å². The SMILES string of the molecule is COc1ccc(S(=O)(=O)N(C)C)cc1NC(=O)c1cc(C)nc2onc(C)c12. The molecule has 1 aromatic carbocycles. The summed E-state index contributed by atoms with van der Waals surface area (Å²) in [5.74, 6) is -0.130. The van der Waals surface area contributed by atoms with E-state index in [1.54, 1.807) is 19.9 Å². The number of nitrogens with one attached hydrogen (secondary N) is 1. The summed E-state index contributed by atoms with van der Waals surface area (Å²) in [6.07, 6.45) is 0. The minimum Gasteiger partial charge on any atom is -0.495 e. The van der Waals surface area contributed by atoms with E-state index in [0.29, 0.717) is 28.1 Å². The summed E-state index contributed by atoms with van der Waals surface area (Å²) in [6, 6.07) is 5.89. The fourth-order valence-corrected chi connectivity index (χ4v) is 3.67. The van der Waals surface area contributed by atoms with Gasteiger partial charge in [-0.05, 0) is 38.1 Å². The minimum absolute atomic E-state index is 0.0332. The largest absolute Gasteiger partial charge is 0.495 e. The summed E-state index contributed by atoms with van der Waals surface area (Å²) in [7, 11) is 0.629. The predicted molar refractivity (Wildman–Crippen MR) is 103 cm³/mol. The van der Waals surface area contributed by atoms with Gasteiger partial charge in [0.1, 0.15) is 5.75 Å². The number of rotatable bonds is 5. The highest BCUT2D eigenvalue weighted by atomic mass is 32.2. The van der Waals surface area contributed by atoms with Crippen LogP contribution in [0.5, 0.6) is 5.75 Å². The van der Waals surface area contributed by atoms with Crippen molar-refractivity contribution in [2.24, 2.45) is 0 Å². The second-order valence-electron chi connectivity index (χ2n) is 6.36. The van der Waals surface area contributed by atoms with Crippen molar-refractivity contribution in [1.29, 1.82) is 0 Å². The van der Waals surface area contributed by atoms with Crippen LogP contribution >= 0.6 is 0 Å². The number of benzene rings is 1. The number of hydrogen-bond acceptors (Lipinski definition) is 7. The van der Waals surface area contributed by atoms with Crippen molar-refractivity contribution in [3.05, 3.63) is 41.2 Å². The number of sulfonamides is 1. The first kappa shape index (κ1) is 19.8. The van der Waals surface area contributed by atoms with Crippen LogP contribution in [0.3, 0.4) is 0 Å². The number of carbonyl (C=O) groups is 1. The standard InChI is InChI=1S/C18H20N4O5S/c1-10-8-13(16-11(2)21-27-18(16)19-10)17(23)20-14-9-12(6-7-15(14)26-5)28(24,25)22(3)4/h6-9H,1-5H3,(H,20,23). The maximum absolute atomic E-state index is 13.0. The Balaban J connectivity index is 2.07. The lowest BCUT2D eigenvalue weighted by Gasteiger charge is -2.15. The molecule has 0 spiro atoms. The van der Waals surface area contributed by atoms with E-state index in [4.69, 9.17) is 9.26 Å². The van der Waals surface area contributed by atoms with Crippen molar-refractivity contribution in [2.75, 3.05) is 26.5 Å². The fraction of sp³-hybridized carbons (Fsp3) is 0.278. The molecule has 0 aliphatic rings. The Hall–Kier alpha value is -2.98. The normalized spacial score (nSPS) is 11.8. The van der Waals surface area contributed by atoms with Crippen LogP contribution in [0.1, 0.15) is 21.7 Å². The number of amides is 1. The average molecular weight is 404 g/mol. The van der Waals surface area contributed by atoms with Gasteiger partial charge in [-0.15, -0.1) is 0 Å². The lowest BCUT2D eigenvalue weighted by Crippen LogP contribution is -2.22. The number of aromatic nitrogens is 2. The van der Waals surface area contributed by atoms with Crippen LogP contribution in [-0.2, 0) is 10.0 Å². The molecule has 10 heteroatoms.